The molecule has 1 aliphatic rings. The van der Waals surface area contributed by atoms with E-state index >= 15 is 0 Å². The molecule has 0 aromatic carbocycles. The highest BCUT2D eigenvalue weighted by Crippen LogP contribution is 2.13. The van der Waals surface area contributed by atoms with Crippen LogP contribution in [-0.4, -0.2) is 30.9 Å². The molecular weight excluding hydrogens is 154 g/mol. The normalized spacial score (nSPS) is 18.9. The number of sulfonamides is 1. The molecule has 1 saturated heterocycles. The Balaban J connectivity index is 2.75. The SMILES string of the molecule is CCS(=O)(=O)N1CCC1=O. The van der Waals surface area contributed by atoms with Crippen LogP contribution in [0.4, 0.5) is 0 Å². The van der Waals surface area contributed by atoms with Crippen LogP contribution in [0.1, 0.15) is 13.3 Å². The van der Waals surface area contributed by atoms with Crippen molar-refractivity contribution >= 4 is 15.9 Å². The Kier molecular flexibility index (Phi) is 1.68. The maximum Gasteiger partial charge on any atom is 0.237 e. The fourth-order valence-electron chi connectivity index (χ4n) is 0.744. The van der Waals surface area contributed by atoms with Crippen molar-refractivity contribution < 1.29 is 13.2 Å². The van der Waals surface area contributed by atoms with Gasteiger partial charge in [0.25, 0.3) is 0 Å². The molecule has 0 atom stereocenters. The molecule has 0 bridgehead atoms. The first-order chi connectivity index (χ1) is 4.58. The summed E-state index contributed by atoms with van der Waals surface area (Å²) < 4.78 is 22.7. The number of hydrogen-bond donors (Lipinski definition) is 0. The predicted molar refractivity (Wildman–Crippen MR) is 35.8 cm³/mol. The molecule has 1 aliphatic heterocycles. The van der Waals surface area contributed by atoms with Gasteiger partial charge in [-0.25, -0.2) is 12.7 Å². The second kappa shape index (κ2) is 2.23. The Morgan fingerprint density at radius 3 is 2.30 bits per heavy atom. The van der Waals surface area contributed by atoms with E-state index in [9.17, 15) is 13.2 Å². The van der Waals surface area contributed by atoms with Crippen LogP contribution in [0, 0.1) is 0 Å². The molecule has 0 radical (unpaired) electrons. The van der Waals surface area contributed by atoms with Crippen LogP contribution < -0.4 is 0 Å². The summed E-state index contributed by atoms with van der Waals surface area (Å²) in [5, 5.41) is 0. The number of carbonyl (C=O) groups excluding carboxylic acids is 1. The Morgan fingerprint density at radius 1 is 1.60 bits per heavy atom. The topological polar surface area (TPSA) is 54.5 Å². The lowest BCUT2D eigenvalue weighted by Crippen LogP contribution is -2.47. The number of amides is 1. The lowest BCUT2D eigenvalue weighted by atomic mass is 10.3. The molecule has 58 valence electrons. The standard InChI is InChI=1S/C5H9NO3S/c1-2-10(8,9)6-4-3-5(6)7/h2-4H2,1H3. The van der Waals surface area contributed by atoms with E-state index in [4.69, 9.17) is 0 Å². The highest BCUT2D eigenvalue weighted by Gasteiger charge is 2.33. The van der Waals surface area contributed by atoms with E-state index in [1.165, 1.54) is 6.92 Å². The summed E-state index contributed by atoms with van der Waals surface area (Å²) in [5.41, 5.74) is 0. The number of β-lactam (4-membered cyclic amide) rings is 1. The van der Waals surface area contributed by atoms with Crippen molar-refractivity contribution in [1.82, 2.24) is 4.31 Å². The van der Waals surface area contributed by atoms with E-state index in [-0.39, 0.29) is 11.7 Å². The van der Waals surface area contributed by atoms with Crippen molar-refractivity contribution in [2.24, 2.45) is 0 Å². The van der Waals surface area contributed by atoms with Crippen LogP contribution >= 0.6 is 0 Å². The summed E-state index contributed by atoms with van der Waals surface area (Å²) in [5.74, 6) is -0.263. The van der Waals surface area contributed by atoms with E-state index in [1.54, 1.807) is 0 Å². The average Bonchev–Trinajstić information content (AvgIpc) is 1.84. The fourth-order valence-corrected chi connectivity index (χ4v) is 1.83. The van der Waals surface area contributed by atoms with Crippen LogP contribution in [0.15, 0.2) is 0 Å². The quantitative estimate of drug-likeness (QED) is 0.519. The Labute approximate surface area is 59.9 Å². The number of rotatable bonds is 2. The molecule has 0 aliphatic carbocycles. The minimum atomic E-state index is -3.23. The molecule has 1 heterocycles. The van der Waals surface area contributed by atoms with Crippen molar-refractivity contribution in [3.63, 3.8) is 0 Å². The second-order valence-electron chi connectivity index (χ2n) is 2.12. The Morgan fingerprint density at radius 2 is 2.20 bits per heavy atom. The zero-order valence-electron chi connectivity index (χ0n) is 5.70. The molecule has 0 aromatic rings. The third kappa shape index (κ3) is 1.01. The molecule has 4 nitrogen and oxygen atoms in total. The van der Waals surface area contributed by atoms with Gasteiger partial charge in [-0.15, -0.1) is 0 Å². The van der Waals surface area contributed by atoms with Crippen molar-refractivity contribution in [3.05, 3.63) is 0 Å². The van der Waals surface area contributed by atoms with Crippen molar-refractivity contribution in [3.8, 4) is 0 Å². The average molecular weight is 163 g/mol. The molecule has 0 aromatic heterocycles. The van der Waals surface area contributed by atoms with E-state index in [1.807, 2.05) is 0 Å². The summed E-state index contributed by atoms with van der Waals surface area (Å²) in [6.45, 7) is 1.90. The zero-order chi connectivity index (χ0) is 7.78. The van der Waals surface area contributed by atoms with Gasteiger partial charge >= 0.3 is 0 Å². The predicted octanol–water partition coefficient (Wildman–Crippen LogP) is -0.432. The van der Waals surface area contributed by atoms with Gasteiger partial charge in [0.15, 0.2) is 0 Å². The first kappa shape index (κ1) is 7.53. The molecule has 0 spiro atoms. The first-order valence-corrected chi connectivity index (χ1v) is 4.72. The van der Waals surface area contributed by atoms with Crippen LogP contribution in [0.5, 0.6) is 0 Å². The van der Waals surface area contributed by atoms with Crippen LogP contribution in [0.3, 0.4) is 0 Å². The lowest BCUT2D eigenvalue weighted by molar-refractivity contribution is -0.133. The van der Waals surface area contributed by atoms with Crippen molar-refractivity contribution in [2.45, 2.75) is 13.3 Å². The van der Waals surface area contributed by atoms with Gasteiger partial charge < -0.3 is 0 Å². The third-order valence-corrected chi connectivity index (χ3v) is 3.29. The summed E-state index contributed by atoms with van der Waals surface area (Å²) in [6, 6.07) is 0. The maximum atomic E-state index is 10.9. The van der Waals surface area contributed by atoms with Gasteiger partial charge in [-0.3, -0.25) is 4.79 Å². The minimum absolute atomic E-state index is 0.0126. The largest absolute Gasteiger partial charge is 0.274 e. The summed E-state index contributed by atoms with van der Waals surface area (Å²) >= 11 is 0. The van der Waals surface area contributed by atoms with Crippen LogP contribution in [-0.2, 0) is 14.8 Å². The third-order valence-electron chi connectivity index (χ3n) is 1.51. The van der Waals surface area contributed by atoms with Crippen molar-refractivity contribution in [2.75, 3.05) is 12.3 Å². The number of nitrogens with zero attached hydrogens (tertiary/aromatic N) is 1. The van der Waals surface area contributed by atoms with Gasteiger partial charge in [0.1, 0.15) is 0 Å². The highest BCUT2D eigenvalue weighted by molar-refractivity contribution is 7.89. The molecule has 1 fully saturated rings. The first-order valence-electron chi connectivity index (χ1n) is 3.11. The smallest absolute Gasteiger partial charge is 0.237 e. The number of hydrogen-bond acceptors (Lipinski definition) is 3. The molecule has 10 heavy (non-hydrogen) atoms. The molecule has 1 rings (SSSR count). The minimum Gasteiger partial charge on any atom is -0.274 e. The molecule has 0 saturated carbocycles. The fraction of sp³-hybridized carbons (Fsp3) is 0.800. The van der Waals surface area contributed by atoms with E-state index < -0.39 is 10.0 Å². The van der Waals surface area contributed by atoms with Crippen LogP contribution in [0.25, 0.3) is 0 Å². The van der Waals surface area contributed by atoms with Gasteiger partial charge in [0.05, 0.1) is 5.75 Å². The molecule has 0 unspecified atom stereocenters. The van der Waals surface area contributed by atoms with Crippen LogP contribution in [0.2, 0.25) is 0 Å². The lowest BCUT2D eigenvalue weighted by Gasteiger charge is -2.28. The van der Waals surface area contributed by atoms with Gasteiger partial charge in [-0.1, -0.05) is 0 Å². The Bertz CT molecular complexity index is 244. The molecule has 0 N–H and O–H groups in total. The second-order valence-corrected chi connectivity index (χ2v) is 4.30. The maximum absolute atomic E-state index is 10.9. The van der Waals surface area contributed by atoms with Gasteiger partial charge in [0, 0.05) is 13.0 Å². The van der Waals surface area contributed by atoms with E-state index in [0.717, 1.165) is 4.31 Å². The van der Waals surface area contributed by atoms with Gasteiger partial charge in [-0.2, -0.15) is 0 Å². The summed E-state index contributed by atoms with van der Waals surface area (Å²) in [7, 11) is -3.23. The molecule has 1 amide bonds. The zero-order valence-corrected chi connectivity index (χ0v) is 6.52. The highest BCUT2D eigenvalue weighted by atomic mass is 32.2. The number of carbonyl (C=O) groups is 1. The van der Waals surface area contributed by atoms with Gasteiger partial charge in [0.2, 0.25) is 15.9 Å². The van der Waals surface area contributed by atoms with E-state index in [2.05, 4.69) is 0 Å². The monoisotopic (exact) mass is 163 g/mol. The molecular formula is C5H9NO3S. The molecule has 5 heteroatoms. The summed E-state index contributed by atoms with van der Waals surface area (Å²) in [6.07, 6.45) is 0.374. The summed E-state index contributed by atoms with van der Waals surface area (Å²) in [4.78, 5) is 10.6. The Hall–Kier alpha value is -0.580. The van der Waals surface area contributed by atoms with E-state index in [0.29, 0.717) is 13.0 Å². The van der Waals surface area contributed by atoms with Gasteiger partial charge in [-0.05, 0) is 6.92 Å². The van der Waals surface area contributed by atoms with Crippen molar-refractivity contribution in [1.29, 1.82) is 0 Å².